The SMILES string of the molecule is Cc1cc(Br)cc(S(=O)(=O)N2CCCC(CN)C2)c1.Cl. The zero-order chi connectivity index (χ0) is 14.0. The Kier molecular flexibility index (Phi) is 6.47. The fourth-order valence-corrected chi connectivity index (χ4v) is 4.88. The first-order valence-electron chi connectivity index (χ1n) is 6.41. The number of sulfonamides is 1. The van der Waals surface area contributed by atoms with Crippen LogP contribution in [0.1, 0.15) is 18.4 Å². The first-order chi connectivity index (χ1) is 8.93. The summed E-state index contributed by atoms with van der Waals surface area (Å²) in [7, 11) is -3.40. The van der Waals surface area contributed by atoms with Gasteiger partial charge in [-0.25, -0.2) is 8.42 Å². The van der Waals surface area contributed by atoms with Crippen LogP contribution < -0.4 is 5.73 Å². The van der Waals surface area contributed by atoms with Crippen LogP contribution in [0.5, 0.6) is 0 Å². The molecule has 7 heteroatoms. The molecule has 0 aromatic heterocycles. The van der Waals surface area contributed by atoms with Crippen LogP contribution in [-0.4, -0.2) is 32.4 Å². The number of nitrogens with zero attached hydrogens (tertiary/aromatic N) is 1. The largest absolute Gasteiger partial charge is 0.330 e. The minimum Gasteiger partial charge on any atom is -0.330 e. The van der Waals surface area contributed by atoms with Crippen molar-refractivity contribution in [3.05, 3.63) is 28.2 Å². The molecule has 0 bridgehead atoms. The van der Waals surface area contributed by atoms with E-state index in [0.29, 0.717) is 24.5 Å². The summed E-state index contributed by atoms with van der Waals surface area (Å²) in [6.45, 7) is 3.56. The van der Waals surface area contributed by atoms with Crippen LogP contribution in [0.2, 0.25) is 0 Å². The molecule has 20 heavy (non-hydrogen) atoms. The molecule has 1 heterocycles. The van der Waals surface area contributed by atoms with Crippen LogP contribution in [-0.2, 0) is 10.0 Å². The summed E-state index contributed by atoms with van der Waals surface area (Å²) in [4.78, 5) is 0.358. The van der Waals surface area contributed by atoms with Crippen LogP contribution >= 0.6 is 28.3 Å². The molecule has 1 aromatic rings. The van der Waals surface area contributed by atoms with E-state index in [4.69, 9.17) is 5.73 Å². The van der Waals surface area contributed by atoms with Gasteiger partial charge < -0.3 is 5.73 Å². The molecule has 1 aromatic carbocycles. The van der Waals surface area contributed by atoms with Gasteiger partial charge in [-0.15, -0.1) is 12.4 Å². The Balaban J connectivity index is 0.00000200. The van der Waals surface area contributed by atoms with Gasteiger partial charge in [-0.2, -0.15) is 4.31 Å². The van der Waals surface area contributed by atoms with E-state index in [-0.39, 0.29) is 18.3 Å². The summed E-state index contributed by atoms with van der Waals surface area (Å²) in [6, 6.07) is 5.28. The Morgan fingerprint density at radius 2 is 2.10 bits per heavy atom. The maximum absolute atomic E-state index is 12.6. The number of halogens is 2. The molecule has 114 valence electrons. The van der Waals surface area contributed by atoms with Crippen LogP contribution in [0, 0.1) is 12.8 Å². The normalized spacial score (nSPS) is 20.4. The third-order valence-corrected chi connectivity index (χ3v) is 5.77. The highest BCUT2D eigenvalue weighted by molar-refractivity contribution is 9.10. The molecule has 0 spiro atoms. The number of rotatable bonds is 3. The molecule has 1 atom stereocenters. The van der Waals surface area contributed by atoms with E-state index in [1.807, 2.05) is 13.0 Å². The molecule has 4 nitrogen and oxygen atoms in total. The second kappa shape index (κ2) is 7.22. The van der Waals surface area contributed by atoms with Gasteiger partial charge in [0.2, 0.25) is 10.0 Å². The Morgan fingerprint density at radius 1 is 1.40 bits per heavy atom. The molecular weight excluding hydrogens is 364 g/mol. The van der Waals surface area contributed by atoms with E-state index in [1.54, 1.807) is 16.4 Å². The molecule has 1 fully saturated rings. The maximum atomic E-state index is 12.6. The number of hydrogen-bond donors (Lipinski definition) is 1. The number of hydrogen-bond acceptors (Lipinski definition) is 3. The minimum atomic E-state index is -3.40. The summed E-state index contributed by atoms with van der Waals surface area (Å²) in [6.07, 6.45) is 1.90. The molecule has 2 N–H and O–H groups in total. The van der Waals surface area contributed by atoms with Gasteiger partial charge in [0.05, 0.1) is 4.90 Å². The molecule has 0 radical (unpaired) electrons. The fraction of sp³-hybridized carbons (Fsp3) is 0.538. The summed E-state index contributed by atoms with van der Waals surface area (Å²) in [5, 5.41) is 0. The van der Waals surface area contributed by atoms with Crippen LogP contribution in [0.3, 0.4) is 0 Å². The van der Waals surface area contributed by atoms with E-state index >= 15 is 0 Å². The van der Waals surface area contributed by atoms with Crippen molar-refractivity contribution in [2.75, 3.05) is 19.6 Å². The second-order valence-corrected chi connectivity index (χ2v) is 7.92. The highest BCUT2D eigenvalue weighted by Crippen LogP contribution is 2.26. The summed E-state index contributed by atoms with van der Waals surface area (Å²) in [5.74, 6) is 0.275. The van der Waals surface area contributed by atoms with Crippen LogP contribution in [0.25, 0.3) is 0 Å². The van der Waals surface area contributed by atoms with Gasteiger partial charge in [-0.3, -0.25) is 0 Å². The summed E-state index contributed by atoms with van der Waals surface area (Å²) < 4.78 is 27.6. The zero-order valence-corrected chi connectivity index (χ0v) is 14.6. The first kappa shape index (κ1) is 17.9. The Hall–Kier alpha value is -0.140. The number of benzene rings is 1. The van der Waals surface area contributed by atoms with Gasteiger partial charge in [0.1, 0.15) is 0 Å². The van der Waals surface area contributed by atoms with Crippen molar-refractivity contribution >= 4 is 38.4 Å². The highest BCUT2D eigenvalue weighted by Gasteiger charge is 2.29. The van der Waals surface area contributed by atoms with E-state index in [2.05, 4.69) is 15.9 Å². The third kappa shape index (κ3) is 3.95. The van der Waals surface area contributed by atoms with Crippen molar-refractivity contribution in [1.82, 2.24) is 4.31 Å². The molecule has 1 saturated heterocycles. The lowest BCUT2D eigenvalue weighted by atomic mass is 10.0. The average molecular weight is 384 g/mol. The molecule has 1 aliphatic heterocycles. The van der Waals surface area contributed by atoms with Crippen LogP contribution in [0.4, 0.5) is 0 Å². The van der Waals surface area contributed by atoms with Crippen molar-refractivity contribution < 1.29 is 8.42 Å². The van der Waals surface area contributed by atoms with Crippen molar-refractivity contribution in [2.45, 2.75) is 24.7 Å². The van der Waals surface area contributed by atoms with E-state index in [9.17, 15) is 8.42 Å². The quantitative estimate of drug-likeness (QED) is 0.872. The van der Waals surface area contributed by atoms with Gasteiger partial charge in [-0.05, 0) is 56.0 Å². The van der Waals surface area contributed by atoms with Crippen molar-refractivity contribution in [3.63, 3.8) is 0 Å². The maximum Gasteiger partial charge on any atom is 0.243 e. The standard InChI is InChI=1S/C13H19BrN2O2S.ClH/c1-10-5-12(14)7-13(6-10)19(17,18)16-4-2-3-11(8-15)9-16;/h5-7,11H,2-4,8-9,15H2,1H3;1H. The van der Waals surface area contributed by atoms with Gasteiger partial charge >= 0.3 is 0 Å². The Labute approximate surface area is 135 Å². The van der Waals surface area contributed by atoms with Gasteiger partial charge in [0.25, 0.3) is 0 Å². The predicted molar refractivity (Wildman–Crippen MR) is 86.7 cm³/mol. The first-order valence-corrected chi connectivity index (χ1v) is 8.64. The Morgan fingerprint density at radius 3 is 2.70 bits per heavy atom. The van der Waals surface area contributed by atoms with Crippen molar-refractivity contribution in [2.24, 2.45) is 11.7 Å². The average Bonchev–Trinajstić information content (AvgIpc) is 2.37. The molecular formula is C13H20BrClN2O2S. The molecule has 0 saturated carbocycles. The van der Waals surface area contributed by atoms with Crippen LogP contribution in [0.15, 0.2) is 27.6 Å². The van der Waals surface area contributed by atoms with Gasteiger partial charge in [-0.1, -0.05) is 15.9 Å². The lowest BCUT2D eigenvalue weighted by molar-refractivity contribution is 0.271. The van der Waals surface area contributed by atoms with Gasteiger partial charge in [0, 0.05) is 17.6 Å². The topological polar surface area (TPSA) is 63.4 Å². The Bertz CT molecular complexity index is 545. The van der Waals surface area contributed by atoms with Crippen molar-refractivity contribution in [1.29, 1.82) is 0 Å². The third-order valence-electron chi connectivity index (χ3n) is 3.47. The predicted octanol–water partition coefficient (Wildman–Crippen LogP) is 2.54. The zero-order valence-electron chi connectivity index (χ0n) is 11.4. The van der Waals surface area contributed by atoms with Crippen molar-refractivity contribution in [3.8, 4) is 0 Å². The lowest BCUT2D eigenvalue weighted by Crippen LogP contribution is -2.41. The van der Waals surface area contributed by atoms with E-state index < -0.39 is 10.0 Å². The van der Waals surface area contributed by atoms with Gasteiger partial charge in [0.15, 0.2) is 0 Å². The number of piperidine rings is 1. The lowest BCUT2D eigenvalue weighted by Gasteiger charge is -2.31. The molecule has 2 rings (SSSR count). The fourth-order valence-electron chi connectivity index (χ4n) is 2.44. The number of nitrogens with two attached hydrogens (primary N) is 1. The summed E-state index contributed by atoms with van der Waals surface area (Å²) in [5.41, 5.74) is 6.60. The summed E-state index contributed by atoms with van der Waals surface area (Å²) >= 11 is 3.35. The highest BCUT2D eigenvalue weighted by atomic mass is 79.9. The minimum absolute atomic E-state index is 0. The van der Waals surface area contributed by atoms with E-state index in [1.165, 1.54) is 0 Å². The monoisotopic (exact) mass is 382 g/mol. The molecule has 1 aliphatic rings. The van der Waals surface area contributed by atoms with E-state index in [0.717, 1.165) is 22.9 Å². The second-order valence-electron chi connectivity index (χ2n) is 5.07. The molecule has 1 unspecified atom stereocenters. The molecule has 0 amide bonds. The molecule has 0 aliphatic carbocycles. The smallest absolute Gasteiger partial charge is 0.243 e. The number of aryl methyl sites for hydroxylation is 1.